The van der Waals surface area contributed by atoms with Gasteiger partial charge in [0.25, 0.3) is 0 Å². The van der Waals surface area contributed by atoms with Crippen LogP contribution >= 0.6 is 11.3 Å². The van der Waals surface area contributed by atoms with Gasteiger partial charge in [0, 0.05) is 0 Å². The van der Waals surface area contributed by atoms with Crippen LogP contribution in [0.2, 0.25) is 0 Å². The molecule has 13 heavy (non-hydrogen) atoms. The summed E-state index contributed by atoms with van der Waals surface area (Å²) in [4.78, 5) is 0. The highest BCUT2D eigenvalue weighted by Gasteiger charge is 2.08. The summed E-state index contributed by atoms with van der Waals surface area (Å²) in [5.74, 6) is 0. The lowest BCUT2D eigenvalue weighted by molar-refractivity contribution is 0.221. The van der Waals surface area contributed by atoms with E-state index in [9.17, 15) is 5.11 Å². The van der Waals surface area contributed by atoms with Gasteiger partial charge in [-0.3, -0.25) is 0 Å². The van der Waals surface area contributed by atoms with Gasteiger partial charge in [-0.25, -0.2) is 0 Å². The third-order valence-corrected chi connectivity index (χ3v) is 2.68. The Kier molecular flexibility index (Phi) is 2.43. The van der Waals surface area contributed by atoms with Crippen molar-refractivity contribution in [2.45, 2.75) is 6.10 Å². The van der Waals surface area contributed by atoms with E-state index in [0.29, 0.717) is 0 Å². The van der Waals surface area contributed by atoms with Gasteiger partial charge in [-0.2, -0.15) is 11.3 Å². The Morgan fingerprint density at radius 3 is 2.38 bits per heavy atom. The number of rotatable bonds is 2. The van der Waals surface area contributed by atoms with Crippen molar-refractivity contribution in [2.75, 3.05) is 0 Å². The van der Waals surface area contributed by atoms with Crippen molar-refractivity contribution in [3.63, 3.8) is 0 Å². The maximum Gasteiger partial charge on any atom is 0.105 e. The Hall–Kier alpha value is -1.12. The molecule has 0 aliphatic heterocycles. The third-order valence-electron chi connectivity index (χ3n) is 1.97. The summed E-state index contributed by atoms with van der Waals surface area (Å²) in [5, 5.41) is 13.8. The van der Waals surface area contributed by atoms with E-state index in [2.05, 4.69) is 0 Å². The van der Waals surface area contributed by atoms with Crippen molar-refractivity contribution in [3.8, 4) is 0 Å². The van der Waals surface area contributed by atoms with Crippen LogP contribution in [0.15, 0.2) is 47.2 Å². The molecule has 1 N–H and O–H groups in total. The summed E-state index contributed by atoms with van der Waals surface area (Å²) >= 11 is 1.60. The van der Waals surface area contributed by atoms with Crippen LogP contribution in [0.1, 0.15) is 17.2 Å². The minimum atomic E-state index is -0.479. The number of hydrogen-bond donors (Lipinski definition) is 1. The van der Waals surface area contributed by atoms with Crippen molar-refractivity contribution in [1.29, 1.82) is 0 Å². The Morgan fingerprint density at radius 2 is 1.77 bits per heavy atom. The van der Waals surface area contributed by atoms with E-state index in [1.54, 1.807) is 11.3 Å². The highest BCUT2D eigenvalue weighted by molar-refractivity contribution is 7.07. The molecule has 0 aliphatic carbocycles. The minimum absolute atomic E-state index is 0.479. The van der Waals surface area contributed by atoms with E-state index >= 15 is 0 Å². The lowest BCUT2D eigenvalue weighted by Gasteiger charge is -2.07. The predicted octanol–water partition coefficient (Wildman–Crippen LogP) is 2.83. The zero-order valence-electron chi connectivity index (χ0n) is 7.05. The van der Waals surface area contributed by atoms with E-state index in [-0.39, 0.29) is 0 Å². The fourth-order valence-electron chi connectivity index (χ4n) is 1.26. The van der Waals surface area contributed by atoms with Crippen LogP contribution in [0.25, 0.3) is 0 Å². The van der Waals surface area contributed by atoms with Crippen LogP contribution in [-0.4, -0.2) is 5.11 Å². The summed E-state index contributed by atoms with van der Waals surface area (Å²) in [6.07, 6.45) is -0.479. The number of thiophene rings is 1. The maximum absolute atomic E-state index is 9.89. The highest BCUT2D eigenvalue weighted by Crippen LogP contribution is 2.22. The molecule has 1 heterocycles. The standard InChI is InChI=1S/C11H10OS/c12-11(10-6-7-13-8-10)9-4-2-1-3-5-9/h1-8,11-12H. The van der Waals surface area contributed by atoms with Crippen molar-refractivity contribution in [3.05, 3.63) is 58.3 Å². The Morgan fingerprint density at radius 1 is 1.00 bits per heavy atom. The van der Waals surface area contributed by atoms with Gasteiger partial charge in [-0.15, -0.1) is 0 Å². The number of hydrogen-bond acceptors (Lipinski definition) is 2. The molecule has 1 unspecified atom stereocenters. The molecule has 1 atom stereocenters. The van der Waals surface area contributed by atoms with E-state index < -0.39 is 6.10 Å². The summed E-state index contributed by atoms with van der Waals surface area (Å²) in [5.41, 5.74) is 1.91. The van der Waals surface area contributed by atoms with Crippen LogP contribution in [-0.2, 0) is 0 Å². The molecule has 0 spiro atoms. The average Bonchev–Trinajstić information content (AvgIpc) is 2.71. The summed E-state index contributed by atoms with van der Waals surface area (Å²) in [6, 6.07) is 11.6. The molecule has 0 amide bonds. The van der Waals surface area contributed by atoms with Crippen LogP contribution in [0.4, 0.5) is 0 Å². The second kappa shape index (κ2) is 3.73. The molecule has 1 aromatic carbocycles. The Labute approximate surface area is 81.3 Å². The van der Waals surface area contributed by atoms with E-state index in [4.69, 9.17) is 0 Å². The number of aliphatic hydroxyl groups excluding tert-OH is 1. The molecule has 2 aromatic rings. The zero-order valence-corrected chi connectivity index (χ0v) is 7.87. The molecule has 2 rings (SSSR count). The molecule has 1 aromatic heterocycles. The lowest BCUT2D eigenvalue weighted by atomic mass is 10.1. The largest absolute Gasteiger partial charge is 0.384 e. The van der Waals surface area contributed by atoms with Crippen molar-refractivity contribution >= 4 is 11.3 Å². The second-order valence-corrected chi connectivity index (χ2v) is 3.65. The fraction of sp³-hybridized carbons (Fsp3) is 0.0909. The topological polar surface area (TPSA) is 20.2 Å². The van der Waals surface area contributed by atoms with Crippen LogP contribution in [0.3, 0.4) is 0 Å². The first-order chi connectivity index (χ1) is 6.38. The first-order valence-electron chi connectivity index (χ1n) is 4.13. The highest BCUT2D eigenvalue weighted by atomic mass is 32.1. The molecule has 0 bridgehead atoms. The SMILES string of the molecule is OC(c1ccccc1)c1ccsc1. The summed E-state index contributed by atoms with van der Waals surface area (Å²) in [6.45, 7) is 0. The van der Waals surface area contributed by atoms with Gasteiger partial charge in [0.2, 0.25) is 0 Å². The molecule has 1 nitrogen and oxygen atoms in total. The number of benzene rings is 1. The molecule has 0 aliphatic rings. The summed E-state index contributed by atoms with van der Waals surface area (Å²) in [7, 11) is 0. The van der Waals surface area contributed by atoms with Gasteiger partial charge in [0.15, 0.2) is 0 Å². The molecular weight excluding hydrogens is 180 g/mol. The van der Waals surface area contributed by atoms with Crippen LogP contribution in [0.5, 0.6) is 0 Å². The van der Waals surface area contributed by atoms with E-state index in [1.807, 2.05) is 47.2 Å². The minimum Gasteiger partial charge on any atom is -0.384 e. The van der Waals surface area contributed by atoms with Crippen LogP contribution in [0, 0.1) is 0 Å². The van der Waals surface area contributed by atoms with E-state index in [1.165, 1.54) is 0 Å². The first-order valence-corrected chi connectivity index (χ1v) is 5.07. The third kappa shape index (κ3) is 1.79. The molecule has 0 fully saturated rings. The maximum atomic E-state index is 9.89. The molecule has 0 radical (unpaired) electrons. The van der Waals surface area contributed by atoms with Gasteiger partial charge in [-0.1, -0.05) is 30.3 Å². The quantitative estimate of drug-likeness (QED) is 0.772. The molecule has 66 valence electrons. The first kappa shape index (κ1) is 8.48. The molecule has 0 saturated carbocycles. The second-order valence-electron chi connectivity index (χ2n) is 2.87. The molecule has 2 heteroatoms. The van der Waals surface area contributed by atoms with E-state index in [0.717, 1.165) is 11.1 Å². The van der Waals surface area contributed by atoms with Crippen molar-refractivity contribution in [2.24, 2.45) is 0 Å². The smallest absolute Gasteiger partial charge is 0.105 e. The van der Waals surface area contributed by atoms with Crippen molar-refractivity contribution < 1.29 is 5.11 Å². The van der Waals surface area contributed by atoms with Gasteiger partial charge in [-0.05, 0) is 28.0 Å². The lowest BCUT2D eigenvalue weighted by Crippen LogP contribution is -1.96. The predicted molar refractivity (Wildman–Crippen MR) is 54.8 cm³/mol. The Bertz CT molecular complexity index is 353. The summed E-state index contributed by atoms with van der Waals surface area (Å²) < 4.78 is 0. The monoisotopic (exact) mass is 190 g/mol. The van der Waals surface area contributed by atoms with Gasteiger partial charge >= 0.3 is 0 Å². The zero-order chi connectivity index (χ0) is 9.10. The Balaban J connectivity index is 2.29. The van der Waals surface area contributed by atoms with Gasteiger partial charge in [0.1, 0.15) is 6.10 Å². The normalized spacial score (nSPS) is 12.7. The van der Waals surface area contributed by atoms with Crippen LogP contribution < -0.4 is 0 Å². The van der Waals surface area contributed by atoms with Crippen molar-refractivity contribution in [1.82, 2.24) is 0 Å². The van der Waals surface area contributed by atoms with Gasteiger partial charge < -0.3 is 5.11 Å². The fourth-order valence-corrected chi connectivity index (χ4v) is 1.94. The van der Waals surface area contributed by atoms with Gasteiger partial charge in [0.05, 0.1) is 0 Å². The number of aliphatic hydroxyl groups is 1. The average molecular weight is 190 g/mol. The molecule has 0 saturated heterocycles. The molecular formula is C11H10OS.